The van der Waals surface area contributed by atoms with Crippen molar-refractivity contribution in [2.45, 2.75) is 32.5 Å². The molecule has 0 fully saturated rings. The van der Waals surface area contributed by atoms with E-state index in [1.807, 2.05) is 46.2 Å². The fourth-order valence-corrected chi connectivity index (χ4v) is 4.00. The first-order valence-corrected chi connectivity index (χ1v) is 10.9. The van der Waals surface area contributed by atoms with Gasteiger partial charge in [-0.2, -0.15) is 0 Å². The van der Waals surface area contributed by atoms with Gasteiger partial charge in [-0.05, 0) is 50.2 Å². The van der Waals surface area contributed by atoms with E-state index in [1.165, 1.54) is 0 Å². The lowest BCUT2D eigenvalue weighted by Crippen LogP contribution is -2.36. The Morgan fingerprint density at radius 2 is 1.34 bits per heavy atom. The van der Waals surface area contributed by atoms with E-state index >= 15 is 0 Å². The van der Waals surface area contributed by atoms with Crippen LogP contribution in [0.25, 0.3) is 0 Å². The molecule has 2 N–H and O–H groups in total. The molecular formula is C23H31N5O4. The van der Waals surface area contributed by atoms with Crippen molar-refractivity contribution in [1.82, 2.24) is 24.7 Å². The second-order valence-corrected chi connectivity index (χ2v) is 8.13. The maximum absolute atomic E-state index is 11.4. The number of carboxylic acids is 2. The van der Waals surface area contributed by atoms with Crippen LogP contribution in [0.4, 0.5) is 0 Å². The molecule has 0 spiro atoms. The third-order valence-electron chi connectivity index (χ3n) is 5.36. The summed E-state index contributed by atoms with van der Waals surface area (Å²) in [6, 6.07) is 11.5. The highest BCUT2D eigenvalue weighted by molar-refractivity contribution is 5.69. The minimum Gasteiger partial charge on any atom is -0.480 e. The first kappa shape index (κ1) is 23.8. The zero-order valence-corrected chi connectivity index (χ0v) is 18.3. The van der Waals surface area contributed by atoms with Crippen LogP contribution in [0.2, 0.25) is 0 Å². The molecule has 2 aromatic heterocycles. The van der Waals surface area contributed by atoms with Crippen LogP contribution in [-0.2, 0) is 29.2 Å². The van der Waals surface area contributed by atoms with Gasteiger partial charge in [0.15, 0.2) is 0 Å². The summed E-state index contributed by atoms with van der Waals surface area (Å²) in [6.45, 7) is 4.43. The molecular weight excluding hydrogens is 410 g/mol. The molecule has 0 radical (unpaired) electrons. The topological polar surface area (TPSA) is 110 Å². The number of aromatic nitrogens is 2. The van der Waals surface area contributed by atoms with Crippen molar-refractivity contribution in [2.24, 2.45) is 0 Å². The highest BCUT2D eigenvalue weighted by Gasteiger charge is 2.17. The number of aliphatic carboxylic acids is 2. The number of pyridine rings is 2. The Hall–Kier alpha value is -2.88. The van der Waals surface area contributed by atoms with Crippen molar-refractivity contribution in [3.8, 4) is 0 Å². The van der Waals surface area contributed by atoms with Crippen LogP contribution in [0.5, 0.6) is 0 Å². The van der Waals surface area contributed by atoms with Crippen molar-refractivity contribution < 1.29 is 19.8 Å². The van der Waals surface area contributed by atoms with Crippen LogP contribution < -0.4 is 0 Å². The maximum Gasteiger partial charge on any atom is 0.317 e. The van der Waals surface area contributed by atoms with Crippen LogP contribution >= 0.6 is 0 Å². The first-order valence-electron chi connectivity index (χ1n) is 10.9. The molecule has 9 nitrogen and oxygen atoms in total. The summed E-state index contributed by atoms with van der Waals surface area (Å²) in [5.74, 6) is -1.72. The van der Waals surface area contributed by atoms with Gasteiger partial charge in [-0.3, -0.25) is 34.3 Å². The Morgan fingerprint density at radius 1 is 0.781 bits per heavy atom. The van der Waals surface area contributed by atoms with Gasteiger partial charge in [0.1, 0.15) is 0 Å². The van der Waals surface area contributed by atoms with Crippen molar-refractivity contribution in [1.29, 1.82) is 0 Å². The van der Waals surface area contributed by atoms with Crippen molar-refractivity contribution >= 4 is 11.9 Å². The molecule has 9 heteroatoms. The normalized spacial score (nSPS) is 17.5. The molecule has 0 unspecified atom stereocenters. The number of rotatable bonds is 6. The Kier molecular flexibility index (Phi) is 9.09. The first-order chi connectivity index (χ1) is 15.5. The van der Waals surface area contributed by atoms with Gasteiger partial charge in [-0.1, -0.05) is 12.1 Å². The second kappa shape index (κ2) is 12.2. The van der Waals surface area contributed by atoms with Gasteiger partial charge in [0, 0.05) is 38.9 Å². The van der Waals surface area contributed by atoms with Crippen LogP contribution in [-0.4, -0.2) is 86.1 Å². The number of nitrogens with zero attached hydrogens (tertiary/aromatic N) is 5. The van der Waals surface area contributed by atoms with E-state index in [-0.39, 0.29) is 13.1 Å². The molecule has 0 saturated carbocycles. The Labute approximate surface area is 188 Å². The SMILES string of the molecule is O=C(O)CN1CCCN(Cc2ccccn2)CCCN(CC(=O)O)Cc2cccc(n2)C1. The van der Waals surface area contributed by atoms with Gasteiger partial charge in [-0.25, -0.2) is 0 Å². The lowest BCUT2D eigenvalue weighted by atomic mass is 10.2. The number of carbonyl (C=O) groups is 2. The van der Waals surface area contributed by atoms with E-state index < -0.39 is 11.9 Å². The zero-order valence-electron chi connectivity index (χ0n) is 18.3. The fraction of sp³-hybridized carbons (Fsp3) is 0.478. The summed E-state index contributed by atoms with van der Waals surface area (Å²) in [5, 5.41) is 18.7. The molecule has 3 rings (SSSR count). The maximum atomic E-state index is 11.4. The summed E-state index contributed by atoms with van der Waals surface area (Å²) in [4.78, 5) is 37.9. The van der Waals surface area contributed by atoms with Crippen molar-refractivity contribution in [2.75, 3.05) is 39.3 Å². The summed E-state index contributed by atoms with van der Waals surface area (Å²) in [5.41, 5.74) is 2.57. The number of hydrogen-bond acceptors (Lipinski definition) is 7. The fourth-order valence-electron chi connectivity index (χ4n) is 4.00. The third-order valence-corrected chi connectivity index (χ3v) is 5.36. The van der Waals surface area contributed by atoms with E-state index in [2.05, 4.69) is 14.9 Å². The summed E-state index contributed by atoms with van der Waals surface area (Å²) < 4.78 is 0. The lowest BCUT2D eigenvalue weighted by Gasteiger charge is -2.27. The van der Waals surface area contributed by atoms with E-state index in [1.54, 1.807) is 6.20 Å². The largest absolute Gasteiger partial charge is 0.480 e. The summed E-state index contributed by atoms with van der Waals surface area (Å²) in [7, 11) is 0. The molecule has 0 atom stereocenters. The average Bonchev–Trinajstić information content (AvgIpc) is 2.73. The molecule has 1 aliphatic heterocycles. The predicted molar refractivity (Wildman–Crippen MR) is 119 cm³/mol. The van der Waals surface area contributed by atoms with Crippen LogP contribution in [0.1, 0.15) is 29.9 Å². The van der Waals surface area contributed by atoms with Gasteiger partial charge >= 0.3 is 11.9 Å². The highest BCUT2D eigenvalue weighted by atomic mass is 16.4. The third kappa shape index (κ3) is 8.33. The van der Waals surface area contributed by atoms with Crippen molar-refractivity contribution in [3.63, 3.8) is 0 Å². The van der Waals surface area contributed by atoms with Crippen molar-refractivity contribution in [3.05, 3.63) is 59.7 Å². The number of carboxylic acid groups (broad SMARTS) is 2. The minimum absolute atomic E-state index is 0.0444. The van der Waals surface area contributed by atoms with Crippen LogP contribution in [0.3, 0.4) is 0 Å². The summed E-state index contributed by atoms with van der Waals surface area (Å²) in [6.07, 6.45) is 3.42. The molecule has 172 valence electrons. The average molecular weight is 442 g/mol. The van der Waals surface area contributed by atoms with E-state index in [0.29, 0.717) is 32.7 Å². The quantitative estimate of drug-likeness (QED) is 0.690. The standard InChI is InChI=1S/C23H31N5O4/c29-22(30)17-27-12-4-10-26(14-19-6-1-2-9-24-19)11-5-13-28(18-23(31)32)16-21-8-3-7-20(15-27)25-21/h1-3,6-9H,4-5,10-18H2,(H,29,30)(H,31,32). The minimum atomic E-state index is -0.861. The second-order valence-electron chi connectivity index (χ2n) is 8.13. The molecule has 2 aromatic rings. The number of hydrogen-bond donors (Lipinski definition) is 2. The van der Waals surface area contributed by atoms with E-state index in [9.17, 15) is 19.8 Å². The predicted octanol–water partition coefficient (Wildman–Crippen LogP) is 1.55. The molecule has 1 aliphatic rings. The van der Waals surface area contributed by atoms with Gasteiger partial charge in [0.2, 0.25) is 0 Å². The van der Waals surface area contributed by atoms with Crippen LogP contribution in [0.15, 0.2) is 42.6 Å². The Bertz CT molecular complexity index is 832. The van der Waals surface area contributed by atoms with E-state index in [0.717, 1.165) is 43.0 Å². The molecule has 3 heterocycles. The Balaban J connectivity index is 1.77. The smallest absolute Gasteiger partial charge is 0.317 e. The summed E-state index contributed by atoms with van der Waals surface area (Å²) >= 11 is 0. The van der Waals surface area contributed by atoms with Gasteiger partial charge < -0.3 is 10.2 Å². The molecule has 0 amide bonds. The van der Waals surface area contributed by atoms with Crippen LogP contribution in [0, 0.1) is 0 Å². The van der Waals surface area contributed by atoms with Gasteiger partial charge in [0.05, 0.1) is 30.2 Å². The molecule has 0 aromatic carbocycles. The van der Waals surface area contributed by atoms with Gasteiger partial charge in [-0.15, -0.1) is 0 Å². The van der Waals surface area contributed by atoms with E-state index in [4.69, 9.17) is 0 Å². The lowest BCUT2D eigenvalue weighted by molar-refractivity contribution is -0.139. The Morgan fingerprint density at radius 3 is 1.84 bits per heavy atom. The number of fused-ring (bicyclic) bond motifs is 2. The molecule has 32 heavy (non-hydrogen) atoms. The van der Waals surface area contributed by atoms with Gasteiger partial charge in [0.25, 0.3) is 0 Å². The zero-order chi connectivity index (χ0) is 22.8. The monoisotopic (exact) mass is 441 g/mol. The highest BCUT2D eigenvalue weighted by Crippen LogP contribution is 2.11. The molecule has 0 aliphatic carbocycles. The molecule has 2 bridgehead atoms. The molecule has 0 saturated heterocycles.